The van der Waals surface area contributed by atoms with E-state index in [-0.39, 0.29) is 5.75 Å². The van der Waals surface area contributed by atoms with Gasteiger partial charge in [0.05, 0.1) is 12.4 Å². The Morgan fingerprint density at radius 1 is 1.41 bits per heavy atom. The van der Waals surface area contributed by atoms with Crippen molar-refractivity contribution in [3.8, 4) is 5.75 Å². The van der Waals surface area contributed by atoms with Crippen molar-refractivity contribution in [1.82, 2.24) is 0 Å². The fraction of sp³-hybridized carbons (Fsp3) is 0.455. The predicted octanol–water partition coefficient (Wildman–Crippen LogP) is 3.31. The van der Waals surface area contributed by atoms with Crippen molar-refractivity contribution in [3.05, 3.63) is 28.2 Å². The zero-order valence-electron chi connectivity index (χ0n) is 9.03. The molecule has 1 aliphatic rings. The summed E-state index contributed by atoms with van der Waals surface area (Å²) in [5.74, 6) is 1.01. The quantitative estimate of drug-likeness (QED) is 0.773. The fourth-order valence-corrected chi connectivity index (χ4v) is 2.84. The Bertz CT molecular complexity index is 511. The molecular formula is C11H12BrClO3S. The molecule has 0 unspecified atom stereocenters. The Hall–Kier alpha value is -0.260. The van der Waals surface area contributed by atoms with Crippen LogP contribution in [0.15, 0.2) is 22.7 Å². The number of rotatable bonds is 5. The highest BCUT2D eigenvalue weighted by Gasteiger charge is 2.22. The monoisotopic (exact) mass is 338 g/mol. The summed E-state index contributed by atoms with van der Waals surface area (Å²) in [5.41, 5.74) is 0.593. The van der Waals surface area contributed by atoms with Crippen molar-refractivity contribution >= 4 is 35.7 Å². The molecule has 1 aliphatic carbocycles. The molecule has 0 spiro atoms. The van der Waals surface area contributed by atoms with Crippen molar-refractivity contribution in [1.29, 1.82) is 0 Å². The van der Waals surface area contributed by atoms with Gasteiger partial charge >= 0.3 is 0 Å². The molecule has 0 amide bonds. The van der Waals surface area contributed by atoms with Gasteiger partial charge in [-0.1, -0.05) is 15.9 Å². The topological polar surface area (TPSA) is 43.4 Å². The second-order valence-electron chi connectivity index (χ2n) is 4.19. The van der Waals surface area contributed by atoms with Crippen LogP contribution in [0.3, 0.4) is 0 Å². The molecule has 0 saturated heterocycles. The van der Waals surface area contributed by atoms with Crippen molar-refractivity contribution in [2.24, 2.45) is 5.92 Å². The van der Waals surface area contributed by atoms with E-state index in [2.05, 4.69) is 15.9 Å². The molecule has 0 aromatic heterocycles. The summed E-state index contributed by atoms with van der Waals surface area (Å²) in [6, 6.07) is 5.32. The highest BCUT2D eigenvalue weighted by molar-refractivity contribution is 9.10. The summed E-state index contributed by atoms with van der Waals surface area (Å²) in [6.07, 6.45) is 2.39. The summed E-state index contributed by atoms with van der Waals surface area (Å²) in [7, 11) is 1.70. The molecule has 0 N–H and O–H groups in total. The van der Waals surface area contributed by atoms with Gasteiger partial charge < -0.3 is 4.74 Å². The van der Waals surface area contributed by atoms with Crippen LogP contribution >= 0.6 is 26.6 Å². The van der Waals surface area contributed by atoms with Gasteiger partial charge in [0, 0.05) is 20.7 Å². The van der Waals surface area contributed by atoms with Crippen molar-refractivity contribution in [2.75, 3.05) is 6.61 Å². The predicted molar refractivity (Wildman–Crippen MR) is 70.8 cm³/mol. The molecule has 0 atom stereocenters. The van der Waals surface area contributed by atoms with E-state index in [0.29, 0.717) is 23.8 Å². The van der Waals surface area contributed by atoms with Crippen LogP contribution in [0, 0.1) is 5.92 Å². The van der Waals surface area contributed by atoms with Gasteiger partial charge in [0.25, 0.3) is 0 Å². The molecule has 2 rings (SSSR count). The van der Waals surface area contributed by atoms with E-state index in [1.54, 1.807) is 12.1 Å². The number of hydrogen-bond donors (Lipinski definition) is 0. The first-order valence-electron chi connectivity index (χ1n) is 5.27. The molecule has 6 heteroatoms. The first-order chi connectivity index (χ1) is 7.94. The smallest absolute Gasteiger partial charge is 0.236 e. The van der Waals surface area contributed by atoms with Gasteiger partial charge in [-0.15, -0.1) is 0 Å². The Kier molecular flexibility index (Phi) is 4.00. The van der Waals surface area contributed by atoms with E-state index in [4.69, 9.17) is 15.4 Å². The molecule has 0 heterocycles. The minimum absolute atomic E-state index is 0.214. The largest absolute Gasteiger partial charge is 0.493 e. The van der Waals surface area contributed by atoms with Crippen LogP contribution in [0.25, 0.3) is 0 Å². The standard InChI is InChI=1S/C11H12BrClO3S/c12-10-3-4-11(16-6-8-1-2-8)9(5-10)7-17(13,14)15/h3-5,8H,1-2,6-7H2. The second-order valence-corrected chi connectivity index (χ2v) is 7.88. The lowest BCUT2D eigenvalue weighted by atomic mass is 10.2. The van der Waals surface area contributed by atoms with Gasteiger partial charge in [-0.25, -0.2) is 8.42 Å². The minimum Gasteiger partial charge on any atom is -0.493 e. The summed E-state index contributed by atoms with van der Waals surface area (Å²) >= 11 is 3.30. The maximum atomic E-state index is 11.1. The van der Waals surface area contributed by atoms with Crippen LogP contribution in [0.2, 0.25) is 0 Å². The van der Waals surface area contributed by atoms with Crippen molar-refractivity contribution < 1.29 is 13.2 Å². The van der Waals surface area contributed by atoms with Crippen LogP contribution < -0.4 is 4.74 Å². The van der Waals surface area contributed by atoms with E-state index in [1.807, 2.05) is 6.07 Å². The van der Waals surface area contributed by atoms with Crippen LogP contribution in [-0.2, 0) is 14.8 Å². The van der Waals surface area contributed by atoms with Crippen molar-refractivity contribution in [2.45, 2.75) is 18.6 Å². The third-order valence-electron chi connectivity index (χ3n) is 2.52. The number of halogens is 2. The minimum atomic E-state index is -3.57. The SMILES string of the molecule is O=S(=O)(Cl)Cc1cc(Br)ccc1OCC1CC1. The van der Waals surface area contributed by atoms with Crippen molar-refractivity contribution in [3.63, 3.8) is 0 Å². The summed E-state index contributed by atoms with van der Waals surface area (Å²) in [5, 5.41) is 0. The van der Waals surface area contributed by atoms with E-state index in [1.165, 1.54) is 12.8 Å². The van der Waals surface area contributed by atoms with Crippen LogP contribution in [0.5, 0.6) is 5.75 Å². The fourth-order valence-electron chi connectivity index (χ4n) is 1.48. The maximum Gasteiger partial charge on any atom is 0.236 e. The Balaban J connectivity index is 2.16. The zero-order valence-corrected chi connectivity index (χ0v) is 12.2. The zero-order chi connectivity index (χ0) is 12.5. The van der Waals surface area contributed by atoms with Crippen LogP contribution in [0.4, 0.5) is 0 Å². The Morgan fingerprint density at radius 3 is 2.71 bits per heavy atom. The molecule has 0 bridgehead atoms. The lowest BCUT2D eigenvalue weighted by Crippen LogP contribution is -2.04. The lowest BCUT2D eigenvalue weighted by molar-refractivity contribution is 0.297. The summed E-state index contributed by atoms with van der Waals surface area (Å²) in [4.78, 5) is 0. The highest BCUT2D eigenvalue weighted by atomic mass is 79.9. The molecule has 17 heavy (non-hydrogen) atoms. The number of ether oxygens (including phenoxy) is 1. The molecule has 1 aromatic carbocycles. The lowest BCUT2D eigenvalue weighted by Gasteiger charge is -2.10. The molecule has 0 radical (unpaired) electrons. The van der Waals surface area contributed by atoms with E-state index in [9.17, 15) is 8.42 Å². The van der Waals surface area contributed by atoms with Gasteiger partial charge in [-0.05, 0) is 37.0 Å². The molecule has 0 aliphatic heterocycles. The molecule has 1 fully saturated rings. The van der Waals surface area contributed by atoms with Gasteiger partial charge in [0.1, 0.15) is 5.75 Å². The number of hydrogen-bond acceptors (Lipinski definition) is 3. The summed E-state index contributed by atoms with van der Waals surface area (Å²) in [6.45, 7) is 0.650. The molecule has 3 nitrogen and oxygen atoms in total. The normalized spacial score (nSPS) is 15.9. The van der Waals surface area contributed by atoms with Gasteiger partial charge in [-0.3, -0.25) is 0 Å². The molecule has 1 aromatic rings. The summed E-state index contributed by atoms with van der Waals surface area (Å²) < 4.78 is 28.6. The third kappa shape index (κ3) is 4.48. The molecular weight excluding hydrogens is 328 g/mol. The maximum absolute atomic E-state index is 11.1. The van der Waals surface area contributed by atoms with Gasteiger partial charge in [-0.2, -0.15) is 0 Å². The van der Waals surface area contributed by atoms with Crippen LogP contribution in [-0.4, -0.2) is 15.0 Å². The third-order valence-corrected chi connectivity index (χ3v) is 4.00. The van der Waals surface area contributed by atoms with Gasteiger partial charge in [0.2, 0.25) is 9.05 Å². The van der Waals surface area contributed by atoms with E-state index in [0.717, 1.165) is 4.47 Å². The molecule has 94 valence electrons. The first kappa shape index (κ1) is 13.2. The average molecular weight is 340 g/mol. The van der Waals surface area contributed by atoms with Crippen LogP contribution in [0.1, 0.15) is 18.4 Å². The highest BCUT2D eigenvalue weighted by Crippen LogP contribution is 2.31. The average Bonchev–Trinajstić information content (AvgIpc) is 2.97. The Morgan fingerprint density at radius 2 is 2.12 bits per heavy atom. The van der Waals surface area contributed by atoms with E-state index >= 15 is 0 Å². The molecule has 1 saturated carbocycles. The van der Waals surface area contributed by atoms with E-state index < -0.39 is 9.05 Å². The number of benzene rings is 1. The second kappa shape index (κ2) is 5.16. The Labute approximate surface area is 114 Å². The first-order valence-corrected chi connectivity index (χ1v) is 8.55. The van der Waals surface area contributed by atoms with Gasteiger partial charge in [0.15, 0.2) is 0 Å².